The molecule has 8 nitrogen and oxygen atoms in total. The van der Waals surface area contributed by atoms with Gasteiger partial charge in [0.1, 0.15) is 16.5 Å². The van der Waals surface area contributed by atoms with Gasteiger partial charge in [-0.15, -0.1) is 26.6 Å². The number of amides is 1. The Morgan fingerprint density at radius 3 is 2.45 bits per heavy atom. The van der Waals surface area contributed by atoms with E-state index in [2.05, 4.69) is 25.6 Å². The highest BCUT2D eigenvalue weighted by molar-refractivity contribution is 7.17. The molecular formula is C24H20N6O2S. The molecule has 0 aliphatic carbocycles. The minimum atomic E-state index is -0.163. The molecule has 0 bridgehead atoms. The molecule has 5 rings (SSSR count). The molecule has 1 N–H and O–H groups in total. The van der Waals surface area contributed by atoms with Gasteiger partial charge in [0.05, 0.1) is 12.2 Å². The van der Waals surface area contributed by atoms with Crippen molar-refractivity contribution in [2.75, 3.05) is 13.2 Å². The van der Waals surface area contributed by atoms with Crippen LogP contribution in [-0.2, 0) is 0 Å². The molecule has 5 aromatic rings. The molecule has 0 radical (unpaired) electrons. The fraction of sp³-hybridized carbons (Fsp3) is 0.125. The van der Waals surface area contributed by atoms with Crippen molar-refractivity contribution < 1.29 is 9.53 Å². The van der Waals surface area contributed by atoms with E-state index in [1.165, 1.54) is 11.3 Å². The summed E-state index contributed by atoms with van der Waals surface area (Å²) in [6, 6.07) is 23.1. The molecule has 0 unspecified atom stereocenters. The number of nitrogens with one attached hydrogen (secondary N) is 1. The van der Waals surface area contributed by atoms with Crippen molar-refractivity contribution in [3.8, 4) is 27.8 Å². The van der Waals surface area contributed by atoms with Crippen molar-refractivity contribution in [1.29, 1.82) is 0 Å². The third-order valence-corrected chi connectivity index (χ3v) is 6.14. The van der Waals surface area contributed by atoms with Crippen LogP contribution in [0.15, 0.2) is 72.8 Å². The summed E-state index contributed by atoms with van der Waals surface area (Å²) < 4.78 is 7.40. The zero-order valence-electron chi connectivity index (χ0n) is 17.8. The van der Waals surface area contributed by atoms with Crippen LogP contribution in [0.3, 0.4) is 0 Å². The molecule has 0 fully saturated rings. The van der Waals surface area contributed by atoms with Gasteiger partial charge >= 0.3 is 0 Å². The maximum atomic E-state index is 12.6. The number of carbonyl (C=O) groups is 1. The maximum Gasteiger partial charge on any atom is 0.263 e. The molecule has 9 heteroatoms. The van der Waals surface area contributed by atoms with E-state index in [0.29, 0.717) is 34.5 Å². The molecule has 0 atom stereocenters. The Hall–Kier alpha value is -4.11. The Morgan fingerprint density at radius 1 is 0.970 bits per heavy atom. The van der Waals surface area contributed by atoms with E-state index in [-0.39, 0.29) is 12.5 Å². The smallest absolute Gasteiger partial charge is 0.263 e. The molecule has 0 aliphatic rings. The normalized spacial score (nSPS) is 10.9. The summed E-state index contributed by atoms with van der Waals surface area (Å²) in [5, 5.41) is 16.6. The van der Waals surface area contributed by atoms with E-state index in [9.17, 15) is 4.79 Å². The quantitative estimate of drug-likeness (QED) is 0.372. The molecule has 2 aromatic carbocycles. The summed E-state index contributed by atoms with van der Waals surface area (Å²) in [6.45, 7) is 2.46. The van der Waals surface area contributed by atoms with Gasteiger partial charge < -0.3 is 10.1 Å². The average Bonchev–Trinajstić information content (AvgIpc) is 3.46. The molecule has 0 spiro atoms. The lowest BCUT2D eigenvalue weighted by atomic mass is 10.2. The summed E-state index contributed by atoms with van der Waals surface area (Å²) >= 11 is 1.38. The second-order valence-electron chi connectivity index (χ2n) is 7.24. The number of aryl methyl sites for hydroxylation is 1. The first-order chi connectivity index (χ1) is 16.2. The van der Waals surface area contributed by atoms with Crippen molar-refractivity contribution in [3.05, 3.63) is 83.4 Å². The number of aromatic nitrogens is 5. The van der Waals surface area contributed by atoms with Gasteiger partial charge in [-0.1, -0.05) is 60.7 Å². The van der Waals surface area contributed by atoms with Gasteiger partial charge in [-0.05, 0) is 13.0 Å². The highest BCUT2D eigenvalue weighted by Crippen LogP contribution is 2.27. The fourth-order valence-electron chi connectivity index (χ4n) is 3.33. The third-order valence-electron chi connectivity index (χ3n) is 4.93. The van der Waals surface area contributed by atoms with E-state index in [0.717, 1.165) is 16.1 Å². The van der Waals surface area contributed by atoms with Crippen LogP contribution in [0.4, 0.5) is 0 Å². The third kappa shape index (κ3) is 4.44. The fourth-order valence-corrected chi connectivity index (χ4v) is 4.32. The lowest BCUT2D eigenvalue weighted by Gasteiger charge is -2.07. The van der Waals surface area contributed by atoms with Crippen LogP contribution < -0.4 is 10.1 Å². The van der Waals surface area contributed by atoms with Crippen LogP contribution in [0.1, 0.15) is 15.4 Å². The highest BCUT2D eigenvalue weighted by Gasteiger charge is 2.16. The zero-order chi connectivity index (χ0) is 22.6. The summed E-state index contributed by atoms with van der Waals surface area (Å²) in [6.07, 6.45) is 0. The maximum absolute atomic E-state index is 12.6. The SMILES string of the molecule is Cc1nc(-c2ccccc2)sc1C(=O)NCCOc1ccc2nnc(-c3ccccc3)n2n1. The first-order valence-electron chi connectivity index (χ1n) is 10.4. The van der Waals surface area contributed by atoms with Crippen LogP contribution >= 0.6 is 11.3 Å². The number of fused-ring (bicyclic) bond motifs is 1. The van der Waals surface area contributed by atoms with E-state index in [4.69, 9.17) is 4.74 Å². The van der Waals surface area contributed by atoms with Crippen molar-refractivity contribution >= 4 is 22.9 Å². The Kier molecular flexibility index (Phi) is 5.77. The van der Waals surface area contributed by atoms with Crippen LogP contribution in [0.25, 0.3) is 27.6 Å². The molecule has 0 aliphatic heterocycles. The molecule has 33 heavy (non-hydrogen) atoms. The summed E-state index contributed by atoms with van der Waals surface area (Å²) in [5.41, 5.74) is 3.25. The Labute approximate surface area is 193 Å². The molecule has 3 aromatic heterocycles. The number of rotatable bonds is 7. The first-order valence-corrected chi connectivity index (χ1v) is 11.2. The minimum Gasteiger partial charge on any atom is -0.475 e. The van der Waals surface area contributed by atoms with E-state index >= 15 is 0 Å². The number of hydrogen-bond donors (Lipinski definition) is 1. The van der Waals surface area contributed by atoms with Crippen molar-refractivity contribution in [1.82, 2.24) is 30.1 Å². The van der Waals surface area contributed by atoms with Crippen molar-refractivity contribution in [3.63, 3.8) is 0 Å². The van der Waals surface area contributed by atoms with Gasteiger partial charge in [0.25, 0.3) is 5.91 Å². The standard InChI is InChI=1S/C24H20N6O2S/c1-16-21(33-24(26-16)18-10-6-3-7-11-18)23(31)25-14-15-32-20-13-12-19-27-28-22(30(19)29-20)17-8-4-2-5-9-17/h2-13H,14-15H2,1H3,(H,25,31). The molecule has 0 saturated carbocycles. The van der Waals surface area contributed by atoms with Gasteiger partial charge in [-0.3, -0.25) is 4.79 Å². The molecular weight excluding hydrogens is 436 g/mol. The molecule has 3 heterocycles. The van der Waals surface area contributed by atoms with Crippen molar-refractivity contribution in [2.24, 2.45) is 0 Å². The Balaban J connectivity index is 1.21. The number of benzene rings is 2. The Bertz CT molecular complexity index is 1400. The predicted molar refractivity (Wildman–Crippen MR) is 126 cm³/mol. The lowest BCUT2D eigenvalue weighted by molar-refractivity contribution is 0.0949. The van der Waals surface area contributed by atoms with Crippen LogP contribution in [0.5, 0.6) is 5.88 Å². The predicted octanol–water partition coefficient (Wildman–Crippen LogP) is 4.03. The second-order valence-corrected chi connectivity index (χ2v) is 8.23. The van der Waals surface area contributed by atoms with E-state index in [1.807, 2.05) is 67.6 Å². The summed E-state index contributed by atoms with van der Waals surface area (Å²) in [4.78, 5) is 17.8. The monoisotopic (exact) mass is 456 g/mol. The topological polar surface area (TPSA) is 94.3 Å². The second kappa shape index (κ2) is 9.17. The van der Waals surface area contributed by atoms with Gasteiger partial charge in [0, 0.05) is 17.2 Å². The largest absolute Gasteiger partial charge is 0.475 e. The van der Waals surface area contributed by atoms with Crippen LogP contribution in [0.2, 0.25) is 0 Å². The number of nitrogens with zero attached hydrogens (tertiary/aromatic N) is 5. The van der Waals surface area contributed by atoms with Crippen molar-refractivity contribution in [2.45, 2.75) is 6.92 Å². The first kappa shape index (κ1) is 20.8. The highest BCUT2D eigenvalue weighted by atomic mass is 32.1. The molecule has 0 saturated heterocycles. The Morgan fingerprint density at radius 2 is 1.70 bits per heavy atom. The number of thiazole rings is 1. The summed E-state index contributed by atoms with van der Waals surface area (Å²) in [5.74, 6) is 0.901. The zero-order valence-corrected chi connectivity index (χ0v) is 18.6. The minimum absolute atomic E-state index is 0.163. The summed E-state index contributed by atoms with van der Waals surface area (Å²) in [7, 11) is 0. The van der Waals surface area contributed by atoms with Crippen LogP contribution in [-0.4, -0.2) is 43.9 Å². The number of hydrogen-bond acceptors (Lipinski definition) is 7. The average molecular weight is 457 g/mol. The number of carbonyl (C=O) groups excluding carboxylic acids is 1. The van der Waals surface area contributed by atoms with Gasteiger partial charge in [0.2, 0.25) is 5.88 Å². The van der Waals surface area contributed by atoms with Gasteiger partial charge in [0.15, 0.2) is 11.5 Å². The van der Waals surface area contributed by atoms with Gasteiger partial charge in [-0.2, -0.15) is 4.52 Å². The van der Waals surface area contributed by atoms with E-state index in [1.54, 1.807) is 16.6 Å². The van der Waals surface area contributed by atoms with E-state index < -0.39 is 0 Å². The molecule has 1 amide bonds. The van der Waals surface area contributed by atoms with Crippen LogP contribution in [0, 0.1) is 6.92 Å². The van der Waals surface area contributed by atoms with Gasteiger partial charge in [-0.25, -0.2) is 4.98 Å². The lowest BCUT2D eigenvalue weighted by Crippen LogP contribution is -2.28. The molecule has 164 valence electrons. The number of ether oxygens (including phenoxy) is 1.